The van der Waals surface area contributed by atoms with Crippen molar-refractivity contribution in [2.24, 2.45) is 11.5 Å². The van der Waals surface area contributed by atoms with E-state index >= 15 is 0 Å². The number of thioether (sulfide) groups is 5. The summed E-state index contributed by atoms with van der Waals surface area (Å²) in [6.07, 6.45) is 8.08. The summed E-state index contributed by atoms with van der Waals surface area (Å²) in [7, 11) is 0. The van der Waals surface area contributed by atoms with E-state index in [4.69, 9.17) is 20.9 Å². The molecule has 4 fully saturated rings. The Morgan fingerprint density at radius 2 is 0.899 bits per heavy atom. The number of carbonyl (C=O) groups is 10. The first kappa shape index (κ1) is 61.8. The molecule has 392 valence electrons. The van der Waals surface area contributed by atoms with E-state index in [-0.39, 0.29) is 44.3 Å². The van der Waals surface area contributed by atoms with E-state index in [9.17, 15) is 47.9 Å². The smallest absolute Gasteiger partial charge is 0.333 e. The number of nitrogens with two attached hydrogens (primary N) is 2. The monoisotopic (exact) mass is 1070 g/mol. The van der Waals surface area contributed by atoms with Crippen LogP contribution in [-0.2, 0) is 76.6 Å². The number of nitrogens with zero attached hydrogens (tertiary/aromatic N) is 2. The van der Waals surface area contributed by atoms with Gasteiger partial charge in [0.25, 0.3) is 23.6 Å². The van der Waals surface area contributed by atoms with Crippen LogP contribution in [0.5, 0.6) is 0 Å². The standard InChI is InChI=1S/C17H18N2O12.C17H32N2O4S3.C8H18N2S2/c20-10-1-2-11(21)18(10)30-16(26)7-5-14(24)28-9-29-15(25)6-8-17(27)31-19-12(22)3-4-13(19)23;1-24-11-7-18-16(20)5-9-22-13-23-10-6-17(21)19-8-12-26-15-4-3-14(15)25-2;9-3-5-11-7-1-2-8(7)12-6-4-10/h1-9H2;14-15H,3-13H2,1-2H3,(H,18,20)(H,19,21);7-8H,1-6,9-10H2. The molecule has 4 aliphatic rings. The summed E-state index contributed by atoms with van der Waals surface area (Å²) in [5.41, 5.74) is 10.9. The molecular weight excluding hydrogens is 1000 g/mol. The minimum absolute atomic E-state index is 0.00815. The van der Waals surface area contributed by atoms with Crippen molar-refractivity contribution >= 4 is 118 Å². The molecule has 0 bridgehead atoms. The highest BCUT2D eigenvalue weighted by Crippen LogP contribution is 2.40. The summed E-state index contributed by atoms with van der Waals surface area (Å²) in [5.74, 6) is -2.35. The molecule has 4 unspecified atom stereocenters. The third-order valence-corrected chi connectivity index (χ3v) is 16.4. The molecule has 0 aromatic heterocycles. The average Bonchev–Trinajstić information content (AvgIpc) is 3.80. The van der Waals surface area contributed by atoms with E-state index in [1.54, 1.807) is 11.8 Å². The average molecular weight is 1070 g/mol. The van der Waals surface area contributed by atoms with Gasteiger partial charge in [-0.05, 0) is 38.2 Å². The predicted octanol–water partition coefficient (Wildman–Crippen LogP) is 1.69. The van der Waals surface area contributed by atoms with Crippen molar-refractivity contribution in [1.29, 1.82) is 0 Å². The number of amides is 6. The van der Waals surface area contributed by atoms with Crippen LogP contribution in [0.3, 0.4) is 0 Å². The number of hydrogen-bond acceptors (Lipinski definition) is 23. The first-order valence-electron chi connectivity index (χ1n) is 22.6. The first-order valence-corrected chi connectivity index (χ1v) is 28.5. The molecule has 69 heavy (non-hydrogen) atoms. The van der Waals surface area contributed by atoms with Crippen molar-refractivity contribution in [2.75, 3.05) is 88.5 Å². The van der Waals surface area contributed by atoms with Crippen LogP contribution in [0.15, 0.2) is 0 Å². The van der Waals surface area contributed by atoms with Crippen molar-refractivity contribution in [1.82, 2.24) is 20.8 Å². The highest BCUT2D eigenvalue weighted by molar-refractivity contribution is 8.04. The lowest BCUT2D eigenvalue weighted by Gasteiger charge is -2.35. The molecule has 27 heteroatoms. The Bertz CT molecular complexity index is 1560. The van der Waals surface area contributed by atoms with Crippen LogP contribution in [0.4, 0.5) is 0 Å². The van der Waals surface area contributed by atoms with Gasteiger partial charge in [0, 0.05) is 95.9 Å². The Morgan fingerprint density at radius 1 is 0.522 bits per heavy atom. The minimum atomic E-state index is -0.994. The first-order chi connectivity index (χ1) is 33.2. The third-order valence-electron chi connectivity index (χ3n) is 9.91. The number of carbonyl (C=O) groups excluding carboxylic acids is 10. The van der Waals surface area contributed by atoms with E-state index in [1.807, 2.05) is 53.3 Å². The van der Waals surface area contributed by atoms with Crippen LogP contribution >= 0.6 is 58.8 Å². The van der Waals surface area contributed by atoms with Gasteiger partial charge in [0.05, 0.1) is 51.7 Å². The van der Waals surface area contributed by atoms with Crippen LogP contribution in [-0.4, -0.2) is 179 Å². The lowest BCUT2D eigenvalue weighted by Crippen LogP contribution is -2.33. The molecule has 0 aromatic rings. The van der Waals surface area contributed by atoms with E-state index in [1.165, 1.54) is 25.7 Å². The molecular formula is C42H68N6O16S5. The number of imide groups is 2. The Kier molecular flexibility index (Phi) is 33.6. The van der Waals surface area contributed by atoms with Gasteiger partial charge in [0.15, 0.2) is 0 Å². The van der Waals surface area contributed by atoms with Crippen molar-refractivity contribution < 1.29 is 76.6 Å². The second-order valence-electron chi connectivity index (χ2n) is 15.1. The van der Waals surface area contributed by atoms with E-state index in [2.05, 4.69) is 36.0 Å². The summed E-state index contributed by atoms with van der Waals surface area (Å²) in [4.78, 5) is 124. The van der Waals surface area contributed by atoms with Crippen LogP contribution in [0.2, 0.25) is 0 Å². The molecule has 2 heterocycles. The van der Waals surface area contributed by atoms with Gasteiger partial charge < -0.3 is 50.7 Å². The van der Waals surface area contributed by atoms with Gasteiger partial charge in [-0.2, -0.15) is 58.8 Å². The molecule has 4 atom stereocenters. The van der Waals surface area contributed by atoms with Crippen molar-refractivity contribution in [3.63, 3.8) is 0 Å². The van der Waals surface area contributed by atoms with Gasteiger partial charge in [-0.3, -0.25) is 38.4 Å². The zero-order valence-electron chi connectivity index (χ0n) is 39.3. The van der Waals surface area contributed by atoms with Crippen LogP contribution < -0.4 is 22.1 Å². The highest BCUT2D eigenvalue weighted by Gasteiger charge is 2.34. The van der Waals surface area contributed by atoms with Gasteiger partial charge in [-0.15, -0.1) is 10.1 Å². The van der Waals surface area contributed by atoms with Gasteiger partial charge in [-0.1, -0.05) is 0 Å². The van der Waals surface area contributed by atoms with Crippen molar-refractivity contribution in [3.05, 3.63) is 0 Å². The SMILES string of the molecule is CSCCNC(=O)CCOCOCCC(=O)NCCSC1CCC1SC.NCCSC1CCC1SCCN.O=C(CCC(=O)ON1C(=O)CCC1=O)OCOC(=O)CCC(=O)ON1C(=O)CCC1=O. The molecule has 4 rings (SSSR count). The zero-order valence-corrected chi connectivity index (χ0v) is 43.4. The molecule has 0 radical (unpaired) electrons. The Labute approximate surface area is 424 Å². The third kappa shape index (κ3) is 27.2. The Hall–Kier alpha value is -3.31. The Morgan fingerprint density at radius 3 is 1.28 bits per heavy atom. The summed E-state index contributed by atoms with van der Waals surface area (Å²) < 4.78 is 19.6. The van der Waals surface area contributed by atoms with E-state index < -0.39 is 80.0 Å². The predicted molar refractivity (Wildman–Crippen MR) is 263 cm³/mol. The lowest BCUT2D eigenvalue weighted by atomic mass is 9.99. The zero-order chi connectivity index (χ0) is 50.8. The van der Waals surface area contributed by atoms with E-state index in [0.717, 1.165) is 57.1 Å². The number of ether oxygens (including phenoxy) is 4. The Balaban J connectivity index is 0.000000387. The number of rotatable bonds is 32. The van der Waals surface area contributed by atoms with Gasteiger partial charge in [0.2, 0.25) is 18.6 Å². The second kappa shape index (κ2) is 37.5. The molecule has 2 saturated heterocycles. The lowest BCUT2D eigenvalue weighted by molar-refractivity contribution is -0.198. The maximum Gasteiger partial charge on any atom is 0.333 e. The highest BCUT2D eigenvalue weighted by atomic mass is 32.2. The fourth-order valence-electron chi connectivity index (χ4n) is 5.86. The fourth-order valence-corrected chi connectivity index (χ4v) is 11.4. The second-order valence-corrected chi connectivity index (χ2v) is 21.2. The van der Waals surface area contributed by atoms with Crippen molar-refractivity contribution in [3.8, 4) is 0 Å². The molecule has 2 aliphatic carbocycles. The maximum absolute atomic E-state index is 11.7. The number of hydrogen-bond donors (Lipinski definition) is 4. The molecule has 2 saturated carbocycles. The molecule has 6 N–H and O–H groups in total. The van der Waals surface area contributed by atoms with Crippen LogP contribution in [0.25, 0.3) is 0 Å². The number of nitrogens with one attached hydrogen (secondary N) is 2. The molecule has 22 nitrogen and oxygen atoms in total. The molecule has 0 spiro atoms. The quantitative estimate of drug-likeness (QED) is 0.0322. The van der Waals surface area contributed by atoms with Gasteiger partial charge in [0.1, 0.15) is 6.79 Å². The normalized spacial score (nSPS) is 19.2. The summed E-state index contributed by atoms with van der Waals surface area (Å²) >= 11 is 9.68. The van der Waals surface area contributed by atoms with Gasteiger partial charge >= 0.3 is 23.9 Å². The fraction of sp³-hybridized carbons (Fsp3) is 0.762. The summed E-state index contributed by atoms with van der Waals surface area (Å²) in [6.45, 7) is 3.01. The topological polar surface area (TPSA) is 309 Å². The largest absolute Gasteiger partial charge is 0.428 e. The maximum atomic E-state index is 11.7. The molecule has 0 aromatic carbocycles. The van der Waals surface area contributed by atoms with Crippen molar-refractivity contribution in [2.45, 2.75) is 111 Å². The van der Waals surface area contributed by atoms with E-state index in [0.29, 0.717) is 49.3 Å². The summed E-state index contributed by atoms with van der Waals surface area (Å²) in [5, 5.41) is 9.70. The number of esters is 2. The molecule has 6 amide bonds. The van der Waals surface area contributed by atoms with Gasteiger partial charge in [-0.25, -0.2) is 9.59 Å². The number of hydroxylamine groups is 4. The van der Waals surface area contributed by atoms with Crippen LogP contribution in [0, 0.1) is 0 Å². The summed E-state index contributed by atoms with van der Waals surface area (Å²) in [6, 6.07) is 0. The van der Waals surface area contributed by atoms with Crippen LogP contribution in [0.1, 0.15) is 89.9 Å². The molecule has 2 aliphatic heterocycles. The minimum Gasteiger partial charge on any atom is -0.428 e.